The second kappa shape index (κ2) is 7.54. The van der Waals surface area contributed by atoms with Gasteiger partial charge in [0.05, 0.1) is 24.2 Å². The van der Waals surface area contributed by atoms with E-state index in [0.29, 0.717) is 37.5 Å². The molecule has 5 saturated carbocycles. The zero-order chi connectivity index (χ0) is 23.6. The predicted octanol–water partition coefficient (Wildman–Crippen LogP) is 3.08. The van der Waals surface area contributed by atoms with Crippen molar-refractivity contribution in [3.8, 4) is 0 Å². The molecule has 14 heteroatoms. The number of hydrogen-bond acceptors (Lipinski definition) is 7. The van der Waals surface area contributed by atoms with Crippen molar-refractivity contribution < 1.29 is 49.8 Å². The molecule has 5 aliphatic rings. The van der Waals surface area contributed by atoms with E-state index >= 15 is 0 Å². The Hall–Kier alpha value is -1.93. The van der Waals surface area contributed by atoms with Crippen LogP contribution in [0.1, 0.15) is 56.2 Å². The van der Waals surface area contributed by atoms with E-state index in [9.17, 15) is 31.1 Å². The van der Waals surface area contributed by atoms with Gasteiger partial charge in [-0.3, -0.25) is 14.3 Å². The normalized spacial score (nSPS) is 37.0. The number of nitrogens with zero attached hydrogens (tertiary/aromatic N) is 2. The van der Waals surface area contributed by atoms with Crippen LogP contribution in [-0.4, -0.2) is 59.8 Å². The van der Waals surface area contributed by atoms with Crippen molar-refractivity contribution in [1.82, 2.24) is 15.5 Å². The van der Waals surface area contributed by atoms with Gasteiger partial charge in [0, 0.05) is 24.3 Å². The summed E-state index contributed by atoms with van der Waals surface area (Å²) in [7, 11) is 0. The number of carbonyl (C=O) groups is 1. The molecule has 0 spiro atoms. The van der Waals surface area contributed by atoms with Crippen LogP contribution in [0.25, 0.3) is 0 Å². The second-order valence-electron chi connectivity index (χ2n) is 9.53. The van der Waals surface area contributed by atoms with Gasteiger partial charge in [-0.05, 0) is 31.6 Å². The average Bonchev–Trinajstić information content (AvgIpc) is 3.22. The maximum absolute atomic E-state index is 12.2. The molecule has 5 fully saturated rings. The maximum Gasteiger partial charge on any atom is 0.522 e. The van der Waals surface area contributed by atoms with Crippen LogP contribution in [0.2, 0.25) is 0 Å². The number of rotatable bonds is 9. The second-order valence-corrected chi connectivity index (χ2v) is 9.53. The lowest BCUT2D eigenvalue weighted by Crippen LogP contribution is -2.77. The standard InChI is InChI=1S/C19H21F6N3O5/c20-18(21,22)31-4-9-1-12(9)14-27-28-15(32-14)16-6-17(7-16,8-16)26-13(29)5-30-10-2-11(3-10)33-19(23,24)25/h9-12H,1-8H2,(H,26,29). The van der Waals surface area contributed by atoms with Crippen LogP contribution >= 0.6 is 0 Å². The molecule has 5 aliphatic carbocycles. The topological polar surface area (TPSA) is 95.7 Å². The fourth-order valence-electron chi connectivity index (χ4n) is 5.15. The molecule has 1 aromatic rings. The van der Waals surface area contributed by atoms with Crippen LogP contribution in [0.15, 0.2) is 4.42 Å². The molecule has 0 saturated heterocycles. The van der Waals surface area contributed by atoms with Gasteiger partial charge in [0.2, 0.25) is 17.7 Å². The number of hydrogen-bond donors (Lipinski definition) is 1. The van der Waals surface area contributed by atoms with Crippen LogP contribution in [0, 0.1) is 5.92 Å². The molecule has 6 rings (SSSR count). The Balaban J connectivity index is 1.01. The van der Waals surface area contributed by atoms with Crippen LogP contribution in [-0.2, 0) is 24.4 Å². The van der Waals surface area contributed by atoms with Gasteiger partial charge in [0.15, 0.2) is 0 Å². The Kier molecular flexibility index (Phi) is 5.22. The third-order valence-corrected chi connectivity index (χ3v) is 6.83. The summed E-state index contributed by atoms with van der Waals surface area (Å²) in [4.78, 5) is 12.2. The summed E-state index contributed by atoms with van der Waals surface area (Å²) in [6.45, 7) is -0.684. The van der Waals surface area contributed by atoms with E-state index in [-0.39, 0.29) is 48.1 Å². The fraction of sp³-hybridized carbons (Fsp3) is 0.842. The summed E-state index contributed by atoms with van der Waals surface area (Å²) in [6.07, 6.45) is -8.23. The van der Waals surface area contributed by atoms with E-state index in [4.69, 9.17) is 9.15 Å². The Morgan fingerprint density at radius 3 is 2.36 bits per heavy atom. The minimum absolute atomic E-state index is 0.0880. The number of ether oxygens (including phenoxy) is 3. The molecule has 1 heterocycles. The zero-order valence-electron chi connectivity index (χ0n) is 17.2. The molecule has 184 valence electrons. The van der Waals surface area contributed by atoms with Crippen LogP contribution in [0.3, 0.4) is 0 Å². The molecular weight excluding hydrogens is 464 g/mol. The molecule has 2 unspecified atom stereocenters. The number of aromatic nitrogens is 2. The molecular formula is C19H21F6N3O5. The lowest BCUT2D eigenvalue weighted by molar-refractivity contribution is -0.357. The van der Waals surface area contributed by atoms with E-state index in [1.165, 1.54) is 0 Å². The van der Waals surface area contributed by atoms with Gasteiger partial charge in [-0.15, -0.1) is 36.5 Å². The highest BCUT2D eigenvalue weighted by Gasteiger charge is 2.72. The first-order chi connectivity index (χ1) is 15.3. The van der Waals surface area contributed by atoms with Gasteiger partial charge < -0.3 is 14.5 Å². The summed E-state index contributed by atoms with van der Waals surface area (Å²) in [5, 5.41) is 10.9. The van der Waals surface area contributed by atoms with Crippen LogP contribution < -0.4 is 5.32 Å². The van der Waals surface area contributed by atoms with E-state index in [1.54, 1.807) is 0 Å². The van der Waals surface area contributed by atoms with Gasteiger partial charge in [-0.25, -0.2) is 0 Å². The number of nitrogens with one attached hydrogen (secondary N) is 1. The third kappa shape index (κ3) is 4.83. The fourth-order valence-corrected chi connectivity index (χ4v) is 5.15. The largest absolute Gasteiger partial charge is 0.522 e. The summed E-state index contributed by atoms with van der Waals surface area (Å²) in [5.41, 5.74) is -0.721. The van der Waals surface area contributed by atoms with E-state index in [1.807, 2.05) is 0 Å². The summed E-state index contributed by atoms with van der Waals surface area (Å²) < 4.78 is 91.5. The molecule has 0 radical (unpaired) electrons. The molecule has 0 aromatic carbocycles. The molecule has 33 heavy (non-hydrogen) atoms. The summed E-state index contributed by atoms with van der Waals surface area (Å²) in [6, 6.07) is 0. The number of halogens is 6. The Bertz CT molecular complexity index is 893. The first-order valence-electron chi connectivity index (χ1n) is 10.6. The van der Waals surface area contributed by atoms with Crippen molar-refractivity contribution in [1.29, 1.82) is 0 Å². The Morgan fingerprint density at radius 2 is 1.73 bits per heavy atom. The minimum atomic E-state index is -4.67. The van der Waals surface area contributed by atoms with E-state index in [0.717, 1.165) is 0 Å². The van der Waals surface area contributed by atoms with Crippen LogP contribution in [0.4, 0.5) is 26.3 Å². The van der Waals surface area contributed by atoms with Crippen molar-refractivity contribution >= 4 is 5.91 Å². The average molecular weight is 485 g/mol. The smallest absolute Gasteiger partial charge is 0.424 e. The SMILES string of the molecule is O=C(COC1CC(OC(F)(F)F)C1)NC12CC(c3nnc(C4CC4COC(F)(F)F)o3)(C1)C2. The number of amides is 1. The van der Waals surface area contributed by atoms with Gasteiger partial charge in [-0.1, -0.05) is 0 Å². The quantitative estimate of drug-likeness (QED) is 0.537. The van der Waals surface area contributed by atoms with E-state index < -0.39 is 31.5 Å². The molecule has 1 aromatic heterocycles. The third-order valence-electron chi connectivity index (χ3n) is 6.83. The van der Waals surface area contributed by atoms with Gasteiger partial charge in [0.1, 0.15) is 6.61 Å². The Morgan fingerprint density at radius 1 is 1.03 bits per heavy atom. The molecule has 1 amide bonds. The molecule has 2 bridgehead atoms. The first kappa shape index (κ1) is 22.8. The van der Waals surface area contributed by atoms with Gasteiger partial charge in [-0.2, -0.15) is 0 Å². The highest BCUT2D eigenvalue weighted by Crippen LogP contribution is 2.67. The highest BCUT2D eigenvalue weighted by molar-refractivity contribution is 5.79. The van der Waals surface area contributed by atoms with Crippen molar-refractivity contribution in [3.05, 3.63) is 11.8 Å². The molecule has 8 nitrogen and oxygen atoms in total. The zero-order valence-corrected chi connectivity index (χ0v) is 17.2. The molecule has 0 aliphatic heterocycles. The maximum atomic E-state index is 12.2. The van der Waals surface area contributed by atoms with Crippen molar-refractivity contribution in [2.45, 2.75) is 80.3 Å². The summed E-state index contributed by atoms with van der Waals surface area (Å²) in [5.74, 6) is -0.146. The lowest BCUT2D eigenvalue weighted by atomic mass is 9.39. The highest BCUT2D eigenvalue weighted by atomic mass is 19.4. The van der Waals surface area contributed by atoms with Crippen molar-refractivity contribution in [2.75, 3.05) is 13.2 Å². The molecule has 1 N–H and O–H groups in total. The summed E-state index contributed by atoms with van der Waals surface area (Å²) >= 11 is 0. The van der Waals surface area contributed by atoms with Crippen LogP contribution in [0.5, 0.6) is 0 Å². The van der Waals surface area contributed by atoms with E-state index in [2.05, 4.69) is 25.0 Å². The van der Waals surface area contributed by atoms with Gasteiger partial charge >= 0.3 is 12.7 Å². The monoisotopic (exact) mass is 485 g/mol. The van der Waals surface area contributed by atoms with Gasteiger partial charge in [0.25, 0.3) is 0 Å². The van der Waals surface area contributed by atoms with Crippen molar-refractivity contribution in [2.24, 2.45) is 5.92 Å². The number of carbonyl (C=O) groups excluding carboxylic acids is 1. The lowest BCUT2D eigenvalue weighted by Gasteiger charge is -2.68. The number of alkyl halides is 6. The minimum Gasteiger partial charge on any atom is -0.424 e. The predicted molar refractivity (Wildman–Crippen MR) is 93.5 cm³/mol. The van der Waals surface area contributed by atoms with Crippen molar-refractivity contribution in [3.63, 3.8) is 0 Å². The first-order valence-corrected chi connectivity index (χ1v) is 10.6. The molecule has 2 atom stereocenters. The Labute approximate surface area is 183 Å².